The minimum atomic E-state index is -0.407. The third-order valence-electron chi connectivity index (χ3n) is 2.25. The lowest BCUT2D eigenvalue weighted by molar-refractivity contribution is 0.0601. The van der Waals surface area contributed by atoms with Gasteiger partial charge in [0.2, 0.25) is 0 Å². The van der Waals surface area contributed by atoms with Gasteiger partial charge < -0.3 is 15.4 Å². The highest BCUT2D eigenvalue weighted by Crippen LogP contribution is 2.16. The van der Waals surface area contributed by atoms with Gasteiger partial charge in [0.05, 0.1) is 12.1 Å². The maximum absolute atomic E-state index is 11.5. The first-order valence-corrected chi connectivity index (χ1v) is 5.50. The Bertz CT molecular complexity index is 423. The molecule has 0 aliphatic carbocycles. The lowest BCUT2D eigenvalue weighted by Gasteiger charge is -2.19. The number of esters is 1. The number of nitrogens with two attached hydrogens (primary N) is 1. The van der Waals surface area contributed by atoms with Crippen LogP contribution in [-0.2, 0) is 4.74 Å². The largest absolute Gasteiger partial charge is 0.465 e. The van der Waals surface area contributed by atoms with Gasteiger partial charge >= 0.3 is 5.97 Å². The van der Waals surface area contributed by atoms with Crippen molar-refractivity contribution in [2.24, 2.45) is 5.73 Å². The number of thiocarbonyl (C=S) groups is 1. The number of aromatic nitrogens is 1. The van der Waals surface area contributed by atoms with Crippen molar-refractivity contribution in [3.8, 4) is 0 Å². The van der Waals surface area contributed by atoms with Crippen molar-refractivity contribution in [3.05, 3.63) is 23.9 Å². The van der Waals surface area contributed by atoms with Crippen LogP contribution < -0.4 is 10.6 Å². The molecule has 1 aromatic heterocycles. The van der Waals surface area contributed by atoms with Gasteiger partial charge in [-0.05, 0) is 12.1 Å². The standard InChI is InChI=1S/C11H15N3O2S/c1-14(7-5-9(12)17)10-8(11(15)16-2)4-3-6-13-10/h3-4,6H,5,7H2,1-2H3,(H2,12,17). The molecule has 0 fully saturated rings. The molecule has 0 saturated heterocycles. The normalized spacial score (nSPS) is 9.76. The number of anilines is 1. The van der Waals surface area contributed by atoms with E-state index < -0.39 is 5.97 Å². The highest BCUT2D eigenvalue weighted by atomic mass is 32.1. The molecule has 0 bridgehead atoms. The Morgan fingerprint density at radius 2 is 2.35 bits per heavy atom. The Labute approximate surface area is 106 Å². The average molecular weight is 253 g/mol. The maximum Gasteiger partial charge on any atom is 0.341 e. The average Bonchev–Trinajstić information content (AvgIpc) is 2.34. The molecule has 0 aromatic carbocycles. The molecule has 1 aromatic rings. The van der Waals surface area contributed by atoms with Crippen LogP contribution in [0.15, 0.2) is 18.3 Å². The molecule has 0 spiro atoms. The summed E-state index contributed by atoms with van der Waals surface area (Å²) in [4.78, 5) is 18.0. The first-order chi connectivity index (χ1) is 8.06. The van der Waals surface area contributed by atoms with Gasteiger partial charge in [0.15, 0.2) is 0 Å². The molecule has 1 heterocycles. The number of carbonyl (C=O) groups excluding carboxylic acids is 1. The number of rotatable bonds is 5. The van der Waals surface area contributed by atoms with Gasteiger partial charge in [-0.15, -0.1) is 0 Å². The van der Waals surface area contributed by atoms with Crippen LogP contribution in [-0.4, -0.2) is 36.6 Å². The molecule has 0 saturated carbocycles. The molecule has 0 amide bonds. The number of nitrogens with zero attached hydrogens (tertiary/aromatic N) is 2. The molecule has 0 atom stereocenters. The monoisotopic (exact) mass is 253 g/mol. The molecular weight excluding hydrogens is 238 g/mol. The highest BCUT2D eigenvalue weighted by Gasteiger charge is 2.15. The van der Waals surface area contributed by atoms with Crippen LogP contribution in [0.1, 0.15) is 16.8 Å². The molecule has 5 nitrogen and oxygen atoms in total. The number of pyridine rings is 1. The van der Waals surface area contributed by atoms with E-state index in [1.165, 1.54) is 7.11 Å². The Balaban J connectivity index is 2.88. The molecule has 0 unspecified atom stereocenters. The highest BCUT2D eigenvalue weighted by molar-refractivity contribution is 7.80. The fraction of sp³-hybridized carbons (Fsp3) is 0.364. The van der Waals surface area contributed by atoms with Crippen molar-refractivity contribution in [2.75, 3.05) is 25.6 Å². The molecule has 92 valence electrons. The molecule has 6 heteroatoms. The second-order valence-corrected chi connectivity index (χ2v) is 4.03. The second kappa shape index (κ2) is 6.15. The number of hydrogen-bond acceptors (Lipinski definition) is 5. The van der Waals surface area contributed by atoms with Crippen LogP contribution >= 0.6 is 12.2 Å². The van der Waals surface area contributed by atoms with Crippen molar-refractivity contribution < 1.29 is 9.53 Å². The third kappa shape index (κ3) is 3.67. The van der Waals surface area contributed by atoms with Gasteiger partial charge in [-0.2, -0.15) is 0 Å². The second-order valence-electron chi connectivity index (χ2n) is 3.50. The van der Waals surface area contributed by atoms with Gasteiger partial charge in [-0.1, -0.05) is 12.2 Å². The van der Waals surface area contributed by atoms with E-state index in [1.54, 1.807) is 18.3 Å². The van der Waals surface area contributed by atoms with E-state index in [4.69, 9.17) is 22.7 Å². The summed E-state index contributed by atoms with van der Waals surface area (Å²) in [5.41, 5.74) is 5.87. The third-order valence-corrected chi connectivity index (χ3v) is 2.45. The molecule has 0 radical (unpaired) electrons. The first-order valence-electron chi connectivity index (χ1n) is 5.09. The van der Waals surface area contributed by atoms with E-state index in [0.717, 1.165) is 0 Å². The summed E-state index contributed by atoms with van der Waals surface area (Å²) in [6, 6.07) is 3.36. The summed E-state index contributed by atoms with van der Waals surface area (Å²) >= 11 is 4.81. The van der Waals surface area contributed by atoms with Crippen molar-refractivity contribution in [3.63, 3.8) is 0 Å². The van der Waals surface area contributed by atoms with E-state index in [-0.39, 0.29) is 0 Å². The zero-order valence-corrected chi connectivity index (χ0v) is 10.7. The summed E-state index contributed by atoms with van der Waals surface area (Å²) in [6.07, 6.45) is 2.20. The summed E-state index contributed by atoms with van der Waals surface area (Å²) in [5.74, 6) is 0.158. The van der Waals surface area contributed by atoms with Crippen LogP contribution in [0, 0.1) is 0 Å². The lowest BCUT2D eigenvalue weighted by atomic mass is 10.2. The van der Waals surface area contributed by atoms with E-state index >= 15 is 0 Å². The molecule has 2 N–H and O–H groups in total. The molecule has 1 rings (SSSR count). The number of ether oxygens (including phenoxy) is 1. The molecular formula is C11H15N3O2S. The molecule has 17 heavy (non-hydrogen) atoms. The van der Waals surface area contributed by atoms with Crippen LogP contribution in [0.25, 0.3) is 0 Å². The predicted octanol–water partition coefficient (Wildman–Crippen LogP) is 0.981. The minimum absolute atomic E-state index is 0.407. The van der Waals surface area contributed by atoms with Crippen LogP contribution in [0.2, 0.25) is 0 Å². The number of hydrogen-bond donors (Lipinski definition) is 1. The number of carbonyl (C=O) groups is 1. The smallest absolute Gasteiger partial charge is 0.341 e. The minimum Gasteiger partial charge on any atom is -0.465 e. The molecule has 0 aliphatic rings. The van der Waals surface area contributed by atoms with E-state index in [2.05, 4.69) is 4.98 Å². The lowest BCUT2D eigenvalue weighted by Crippen LogP contribution is -2.26. The van der Waals surface area contributed by atoms with Gasteiger partial charge in [0.1, 0.15) is 11.4 Å². The van der Waals surface area contributed by atoms with Crippen LogP contribution in [0.5, 0.6) is 0 Å². The van der Waals surface area contributed by atoms with Crippen molar-refractivity contribution in [1.29, 1.82) is 0 Å². The van der Waals surface area contributed by atoms with Crippen LogP contribution in [0.3, 0.4) is 0 Å². The fourth-order valence-corrected chi connectivity index (χ4v) is 1.45. The first kappa shape index (κ1) is 13.4. The van der Waals surface area contributed by atoms with Gasteiger partial charge in [0, 0.05) is 26.2 Å². The van der Waals surface area contributed by atoms with Crippen molar-refractivity contribution in [1.82, 2.24) is 4.98 Å². The van der Waals surface area contributed by atoms with Gasteiger partial charge in [-0.25, -0.2) is 9.78 Å². The van der Waals surface area contributed by atoms with Crippen molar-refractivity contribution >= 4 is 29.0 Å². The summed E-state index contributed by atoms with van der Waals surface area (Å²) in [6.45, 7) is 0.607. The quantitative estimate of drug-likeness (QED) is 0.623. The van der Waals surface area contributed by atoms with E-state index in [9.17, 15) is 4.79 Å². The Morgan fingerprint density at radius 3 is 2.94 bits per heavy atom. The number of methoxy groups -OCH3 is 1. The Kier molecular flexibility index (Phi) is 4.84. The van der Waals surface area contributed by atoms with Crippen molar-refractivity contribution in [2.45, 2.75) is 6.42 Å². The topological polar surface area (TPSA) is 68.5 Å². The van der Waals surface area contributed by atoms with Gasteiger partial charge in [-0.3, -0.25) is 0 Å². The predicted molar refractivity (Wildman–Crippen MR) is 70.2 cm³/mol. The zero-order valence-electron chi connectivity index (χ0n) is 9.84. The SMILES string of the molecule is COC(=O)c1cccnc1N(C)CCC(N)=S. The molecule has 0 aliphatic heterocycles. The summed E-state index contributed by atoms with van der Waals surface area (Å²) in [5, 5.41) is 0. The maximum atomic E-state index is 11.5. The van der Waals surface area contributed by atoms with E-state index in [1.807, 2.05) is 11.9 Å². The zero-order chi connectivity index (χ0) is 12.8. The van der Waals surface area contributed by atoms with Crippen LogP contribution in [0.4, 0.5) is 5.82 Å². The Morgan fingerprint density at radius 1 is 1.65 bits per heavy atom. The van der Waals surface area contributed by atoms with E-state index in [0.29, 0.717) is 29.3 Å². The van der Waals surface area contributed by atoms with Gasteiger partial charge in [0.25, 0.3) is 0 Å². The summed E-state index contributed by atoms with van der Waals surface area (Å²) in [7, 11) is 3.17. The Hall–Kier alpha value is -1.69. The fourth-order valence-electron chi connectivity index (χ4n) is 1.35. The summed E-state index contributed by atoms with van der Waals surface area (Å²) < 4.78 is 4.70.